The summed E-state index contributed by atoms with van der Waals surface area (Å²) in [7, 11) is 0. The van der Waals surface area contributed by atoms with Crippen molar-refractivity contribution < 1.29 is 13.2 Å². The second kappa shape index (κ2) is 5.82. The fourth-order valence-electron chi connectivity index (χ4n) is 1.87. The van der Waals surface area contributed by atoms with Gasteiger partial charge in [-0.25, -0.2) is 15.8 Å². The molecule has 8 heteroatoms. The number of nitrogens with zero attached hydrogens (tertiary/aromatic N) is 2. The summed E-state index contributed by atoms with van der Waals surface area (Å²) < 4.78 is 36.2. The number of nitrogens with two attached hydrogens (primary N) is 1. The zero-order chi connectivity index (χ0) is 14.8. The third kappa shape index (κ3) is 3.96. The standard InChI is InChI=1S/C12H18F3N5/c1-7-9(17-6-2-5-12(13,14)15)18-11(8-3-4-8)19-10(7)20-16/h8H,2-6,16H2,1H3,(H2,17,18,19,20). The van der Waals surface area contributed by atoms with E-state index in [1.54, 1.807) is 6.92 Å². The summed E-state index contributed by atoms with van der Waals surface area (Å²) in [6.45, 7) is 1.99. The van der Waals surface area contributed by atoms with Crippen molar-refractivity contribution in [3.63, 3.8) is 0 Å². The number of hydrogen-bond acceptors (Lipinski definition) is 5. The van der Waals surface area contributed by atoms with E-state index in [9.17, 15) is 13.2 Å². The van der Waals surface area contributed by atoms with Crippen LogP contribution >= 0.6 is 0 Å². The lowest BCUT2D eigenvalue weighted by Crippen LogP contribution is -2.16. The molecule has 2 rings (SSSR count). The van der Waals surface area contributed by atoms with Crippen LogP contribution in [0.1, 0.15) is 43.0 Å². The average Bonchev–Trinajstić information content (AvgIpc) is 3.19. The molecule has 5 nitrogen and oxygen atoms in total. The Morgan fingerprint density at radius 2 is 1.90 bits per heavy atom. The lowest BCUT2D eigenvalue weighted by Gasteiger charge is -2.13. The van der Waals surface area contributed by atoms with Gasteiger partial charge in [0.1, 0.15) is 17.5 Å². The molecule has 0 radical (unpaired) electrons. The summed E-state index contributed by atoms with van der Waals surface area (Å²) in [5.74, 6) is 7.51. The van der Waals surface area contributed by atoms with Crippen molar-refractivity contribution in [3.8, 4) is 0 Å². The Kier molecular flexibility index (Phi) is 4.32. The second-order valence-corrected chi connectivity index (χ2v) is 4.97. The molecular formula is C12H18F3N5. The van der Waals surface area contributed by atoms with E-state index in [4.69, 9.17) is 5.84 Å². The zero-order valence-electron chi connectivity index (χ0n) is 11.2. The van der Waals surface area contributed by atoms with E-state index in [0.29, 0.717) is 28.9 Å². The SMILES string of the molecule is Cc1c(NN)nc(C2CC2)nc1NCCCC(F)(F)F. The molecule has 4 N–H and O–H groups in total. The van der Waals surface area contributed by atoms with E-state index in [1.807, 2.05) is 0 Å². The zero-order valence-corrected chi connectivity index (χ0v) is 11.2. The second-order valence-electron chi connectivity index (χ2n) is 4.97. The molecule has 0 amide bonds. The maximum Gasteiger partial charge on any atom is 0.389 e. The van der Waals surface area contributed by atoms with Gasteiger partial charge in [-0.3, -0.25) is 0 Å². The Labute approximate surface area is 115 Å². The van der Waals surface area contributed by atoms with Crippen molar-refractivity contribution >= 4 is 11.6 Å². The van der Waals surface area contributed by atoms with Crippen LogP contribution in [0.3, 0.4) is 0 Å². The summed E-state index contributed by atoms with van der Waals surface area (Å²) >= 11 is 0. The number of nitrogen functional groups attached to an aromatic ring is 1. The van der Waals surface area contributed by atoms with Gasteiger partial charge in [0.25, 0.3) is 0 Å². The minimum atomic E-state index is -4.12. The number of hydrogen-bond donors (Lipinski definition) is 3. The molecule has 1 aliphatic carbocycles. The first-order valence-electron chi connectivity index (χ1n) is 6.56. The Morgan fingerprint density at radius 1 is 1.25 bits per heavy atom. The number of aromatic nitrogens is 2. The summed E-state index contributed by atoms with van der Waals surface area (Å²) in [6, 6.07) is 0. The highest BCUT2D eigenvalue weighted by Crippen LogP contribution is 2.39. The van der Waals surface area contributed by atoms with Gasteiger partial charge in [-0.15, -0.1) is 0 Å². The van der Waals surface area contributed by atoms with Crippen molar-refractivity contribution in [1.29, 1.82) is 0 Å². The maximum atomic E-state index is 12.1. The Hall–Kier alpha value is -1.57. The van der Waals surface area contributed by atoms with Crippen LogP contribution in [-0.4, -0.2) is 22.7 Å². The lowest BCUT2D eigenvalue weighted by atomic mass is 10.2. The van der Waals surface area contributed by atoms with Crippen LogP contribution in [0.2, 0.25) is 0 Å². The van der Waals surface area contributed by atoms with Crippen LogP contribution in [0.25, 0.3) is 0 Å². The van der Waals surface area contributed by atoms with Crippen molar-refractivity contribution in [3.05, 3.63) is 11.4 Å². The molecule has 1 heterocycles. The molecule has 0 aliphatic heterocycles. The first-order chi connectivity index (χ1) is 9.40. The number of halogens is 3. The molecule has 1 aliphatic rings. The van der Waals surface area contributed by atoms with E-state index in [0.717, 1.165) is 12.8 Å². The number of nitrogens with one attached hydrogen (secondary N) is 2. The van der Waals surface area contributed by atoms with Crippen LogP contribution in [0.15, 0.2) is 0 Å². The fraction of sp³-hybridized carbons (Fsp3) is 0.667. The van der Waals surface area contributed by atoms with Crippen molar-refractivity contribution in [2.24, 2.45) is 5.84 Å². The largest absolute Gasteiger partial charge is 0.389 e. The molecule has 112 valence electrons. The predicted octanol–water partition coefficient (Wildman–Crippen LogP) is 2.70. The Bertz CT molecular complexity index is 471. The summed E-state index contributed by atoms with van der Waals surface area (Å²) in [6.07, 6.45) is -2.83. The van der Waals surface area contributed by atoms with E-state index in [-0.39, 0.29) is 13.0 Å². The minimum Gasteiger partial charge on any atom is -0.370 e. The van der Waals surface area contributed by atoms with Gasteiger partial charge >= 0.3 is 6.18 Å². The minimum absolute atomic E-state index is 0.0110. The normalized spacial score (nSPS) is 15.2. The van der Waals surface area contributed by atoms with Crippen LogP contribution < -0.4 is 16.6 Å². The van der Waals surface area contributed by atoms with Gasteiger partial charge in [-0.2, -0.15) is 13.2 Å². The van der Waals surface area contributed by atoms with Crippen molar-refractivity contribution in [2.75, 3.05) is 17.3 Å². The number of alkyl halides is 3. The molecule has 0 spiro atoms. The third-order valence-corrected chi connectivity index (χ3v) is 3.17. The van der Waals surface area contributed by atoms with Crippen LogP contribution in [0.4, 0.5) is 24.8 Å². The highest BCUT2D eigenvalue weighted by Gasteiger charge is 2.28. The van der Waals surface area contributed by atoms with E-state index in [1.165, 1.54) is 0 Å². The monoisotopic (exact) mass is 289 g/mol. The molecule has 20 heavy (non-hydrogen) atoms. The molecule has 0 aromatic carbocycles. The highest BCUT2D eigenvalue weighted by atomic mass is 19.4. The van der Waals surface area contributed by atoms with E-state index < -0.39 is 12.6 Å². The van der Waals surface area contributed by atoms with Gasteiger partial charge in [-0.1, -0.05) is 0 Å². The predicted molar refractivity (Wildman–Crippen MR) is 70.3 cm³/mol. The van der Waals surface area contributed by atoms with Gasteiger partial charge < -0.3 is 10.7 Å². The molecule has 0 atom stereocenters. The van der Waals surface area contributed by atoms with E-state index in [2.05, 4.69) is 20.7 Å². The van der Waals surface area contributed by atoms with Gasteiger partial charge in [0, 0.05) is 24.4 Å². The number of hydrazine groups is 1. The first kappa shape index (κ1) is 14.8. The Morgan fingerprint density at radius 3 is 2.45 bits per heavy atom. The molecule has 0 unspecified atom stereocenters. The number of anilines is 2. The topological polar surface area (TPSA) is 75.9 Å². The van der Waals surface area contributed by atoms with E-state index >= 15 is 0 Å². The maximum absolute atomic E-state index is 12.1. The van der Waals surface area contributed by atoms with Crippen molar-refractivity contribution in [2.45, 2.75) is 44.7 Å². The third-order valence-electron chi connectivity index (χ3n) is 3.17. The van der Waals surface area contributed by atoms with Crippen LogP contribution in [0, 0.1) is 6.92 Å². The molecule has 0 bridgehead atoms. The Balaban J connectivity index is 2.00. The van der Waals surface area contributed by atoms with Crippen molar-refractivity contribution in [1.82, 2.24) is 9.97 Å². The van der Waals surface area contributed by atoms with Gasteiger partial charge in [0.2, 0.25) is 0 Å². The first-order valence-corrected chi connectivity index (χ1v) is 6.56. The highest BCUT2D eigenvalue weighted by molar-refractivity contribution is 5.57. The fourth-order valence-corrected chi connectivity index (χ4v) is 1.87. The van der Waals surface area contributed by atoms with Crippen LogP contribution in [0.5, 0.6) is 0 Å². The van der Waals surface area contributed by atoms with Gasteiger partial charge in [-0.05, 0) is 26.2 Å². The number of rotatable bonds is 6. The summed E-state index contributed by atoms with van der Waals surface area (Å²) in [5, 5.41) is 2.94. The molecule has 1 saturated carbocycles. The molecular weight excluding hydrogens is 271 g/mol. The molecule has 0 saturated heterocycles. The average molecular weight is 289 g/mol. The molecule has 1 aromatic rings. The van der Waals surface area contributed by atoms with Crippen LogP contribution in [-0.2, 0) is 0 Å². The summed E-state index contributed by atoms with van der Waals surface area (Å²) in [5.41, 5.74) is 3.21. The summed E-state index contributed by atoms with van der Waals surface area (Å²) in [4.78, 5) is 8.69. The molecule has 1 aromatic heterocycles. The van der Waals surface area contributed by atoms with Gasteiger partial charge in [0.05, 0.1) is 0 Å². The van der Waals surface area contributed by atoms with Gasteiger partial charge in [0.15, 0.2) is 0 Å². The molecule has 1 fully saturated rings. The smallest absolute Gasteiger partial charge is 0.370 e. The quantitative estimate of drug-likeness (QED) is 0.426. The lowest BCUT2D eigenvalue weighted by molar-refractivity contribution is -0.134.